The van der Waals surface area contributed by atoms with Crippen molar-refractivity contribution in [3.63, 3.8) is 0 Å². The first-order valence-corrected chi connectivity index (χ1v) is 7.10. The van der Waals surface area contributed by atoms with Crippen molar-refractivity contribution >= 4 is 5.78 Å². The molecule has 1 N–H and O–H groups in total. The van der Waals surface area contributed by atoms with Crippen molar-refractivity contribution in [2.24, 2.45) is 5.92 Å². The van der Waals surface area contributed by atoms with Gasteiger partial charge >= 0.3 is 0 Å². The normalized spacial score (nSPS) is 28.7. The van der Waals surface area contributed by atoms with Gasteiger partial charge in [-0.1, -0.05) is 6.07 Å². The fraction of sp³-hybridized carbons (Fsp3) is 0.562. The summed E-state index contributed by atoms with van der Waals surface area (Å²) in [4.78, 5) is 12.1. The lowest BCUT2D eigenvalue weighted by molar-refractivity contribution is -0.133. The zero-order chi connectivity index (χ0) is 14.3. The van der Waals surface area contributed by atoms with E-state index in [0.29, 0.717) is 18.1 Å². The molecular weight excluding hydrogens is 256 g/mol. The maximum absolute atomic E-state index is 12.1. The average molecular weight is 276 g/mol. The summed E-state index contributed by atoms with van der Waals surface area (Å²) in [6.07, 6.45) is 2.94. The number of carbonyl (C=O) groups is 1. The van der Waals surface area contributed by atoms with E-state index in [1.165, 1.54) is 0 Å². The molecule has 0 spiro atoms. The number of hydrogen-bond acceptors (Lipinski definition) is 4. The van der Waals surface area contributed by atoms with Gasteiger partial charge in [0, 0.05) is 19.1 Å². The highest BCUT2D eigenvalue weighted by Gasteiger charge is 2.41. The minimum Gasteiger partial charge on any atom is -0.504 e. The summed E-state index contributed by atoms with van der Waals surface area (Å²) in [5.41, 5.74) is 2.07. The van der Waals surface area contributed by atoms with Gasteiger partial charge in [-0.3, -0.25) is 4.79 Å². The first-order valence-electron chi connectivity index (χ1n) is 7.10. The van der Waals surface area contributed by atoms with Crippen LogP contribution in [0.15, 0.2) is 12.1 Å². The third-order valence-electron chi connectivity index (χ3n) is 4.80. The molecule has 0 heterocycles. The predicted molar refractivity (Wildman–Crippen MR) is 74.2 cm³/mol. The van der Waals surface area contributed by atoms with Crippen LogP contribution in [0.1, 0.15) is 36.3 Å². The Morgan fingerprint density at radius 3 is 2.80 bits per heavy atom. The minimum atomic E-state index is -0.273. The van der Waals surface area contributed by atoms with Gasteiger partial charge < -0.3 is 14.6 Å². The van der Waals surface area contributed by atoms with Crippen molar-refractivity contribution in [3.8, 4) is 11.5 Å². The van der Waals surface area contributed by atoms with Crippen molar-refractivity contribution in [2.45, 2.75) is 37.7 Å². The number of aryl methyl sites for hydroxylation is 1. The van der Waals surface area contributed by atoms with Crippen LogP contribution >= 0.6 is 0 Å². The number of rotatable bonds is 2. The van der Waals surface area contributed by atoms with Gasteiger partial charge in [0.15, 0.2) is 17.3 Å². The second-order valence-electron chi connectivity index (χ2n) is 5.72. The van der Waals surface area contributed by atoms with Crippen LogP contribution in [-0.4, -0.2) is 31.2 Å². The zero-order valence-electron chi connectivity index (χ0n) is 11.9. The van der Waals surface area contributed by atoms with Gasteiger partial charge in [-0.15, -0.1) is 0 Å². The lowest BCUT2D eigenvalue weighted by atomic mass is 9.66. The molecule has 4 heteroatoms. The van der Waals surface area contributed by atoms with Crippen molar-refractivity contribution in [2.75, 3.05) is 14.2 Å². The standard InChI is InChI=1S/C16H20O4/c1-19-13-6-5-9-3-4-10-7-14(20-2)12(17)8-11(10)15(9)16(13)18/h5-6,10-11,14,18H,3-4,7-8H2,1-2H3. The molecule has 3 unspecified atom stereocenters. The van der Waals surface area contributed by atoms with E-state index >= 15 is 0 Å². The maximum Gasteiger partial charge on any atom is 0.162 e. The molecule has 1 aromatic carbocycles. The summed E-state index contributed by atoms with van der Waals surface area (Å²) >= 11 is 0. The summed E-state index contributed by atoms with van der Waals surface area (Å²) in [5.74, 6) is 1.36. The van der Waals surface area contributed by atoms with Gasteiger partial charge in [-0.2, -0.15) is 0 Å². The number of benzene rings is 1. The molecule has 0 amide bonds. The van der Waals surface area contributed by atoms with Crippen molar-refractivity contribution in [1.82, 2.24) is 0 Å². The fourth-order valence-electron chi connectivity index (χ4n) is 3.74. The van der Waals surface area contributed by atoms with Crippen LogP contribution in [0.2, 0.25) is 0 Å². The molecule has 4 nitrogen and oxygen atoms in total. The molecule has 0 aromatic heterocycles. The smallest absolute Gasteiger partial charge is 0.162 e. The molecule has 20 heavy (non-hydrogen) atoms. The highest BCUT2D eigenvalue weighted by atomic mass is 16.5. The summed E-state index contributed by atoms with van der Waals surface area (Å²) in [5, 5.41) is 10.4. The van der Waals surface area contributed by atoms with Crippen molar-refractivity contribution in [3.05, 3.63) is 23.3 Å². The molecule has 108 valence electrons. The third-order valence-corrected chi connectivity index (χ3v) is 4.80. The quantitative estimate of drug-likeness (QED) is 0.901. The largest absolute Gasteiger partial charge is 0.504 e. The van der Waals surface area contributed by atoms with Crippen molar-refractivity contribution in [1.29, 1.82) is 0 Å². The van der Waals surface area contributed by atoms with E-state index in [1.54, 1.807) is 20.3 Å². The molecule has 0 saturated heterocycles. The van der Waals surface area contributed by atoms with Crippen LogP contribution in [0.3, 0.4) is 0 Å². The second-order valence-corrected chi connectivity index (χ2v) is 5.72. The number of carbonyl (C=O) groups excluding carboxylic acids is 1. The van der Waals surface area contributed by atoms with Gasteiger partial charge in [0.1, 0.15) is 6.10 Å². The number of ketones is 1. The summed E-state index contributed by atoms with van der Waals surface area (Å²) in [7, 11) is 3.15. The Hall–Kier alpha value is -1.55. The van der Waals surface area contributed by atoms with Crippen LogP contribution in [0.25, 0.3) is 0 Å². The highest BCUT2D eigenvalue weighted by molar-refractivity contribution is 5.85. The van der Waals surface area contributed by atoms with E-state index in [4.69, 9.17) is 9.47 Å². The van der Waals surface area contributed by atoms with Crippen LogP contribution in [0.5, 0.6) is 11.5 Å². The molecule has 1 fully saturated rings. The molecule has 2 aliphatic carbocycles. The summed E-state index contributed by atoms with van der Waals surface area (Å²) < 4.78 is 10.5. The average Bonchev–Trinajstić information content (AvgIpc) is 2.46. The molecule has 2 aliphatic rings. The van der Waals surface area contributed by atoms with E-state index in [0.717, 1.165) is 30.4 Å². The Morgan fingerprint density at radius 1 is 1.30 bits per heavy atom. The number of Topliss-reactive ketones (excluding diaryl/α,β-unsaturated/α-hetero) is 1. The van der Waals surface area contributed by atoms with Gasteiger partial charge in [0.25, 0.3) is 0 Å². The molecule has 3 rings (SSSR count). The van der Waals surface area contributed by atoms with Gasteiger partial charge in [0.2, 0.25) is 0 Å². The highest BCUT2D eigenvalue weighted by Crippen LogP contribution is 2.49. The van der Waals surface area contributed by atoms with Crippen LogP contribution < -0.4 is 4.74 Å². The third kappa shape index (κ3) is 1.99. The Kier molecular flexibility index (Phi) is 3.42. The van der Waals surface area contributed by atoms with E-state index in [-0.39, 0.29) is 23.6 Å². The number of aromatic hydroxyl groups is 1. The predicted octanol–water partition coefficient (Wildman–Crippen LogP) is 2.42. The van der Waals surface area contributed by atoms with E-state index in [9.17, 15) is 9.90 Å². The Balaban J connectivity index is 2.00. The van der Waals surface area contributed by atoms with E-state index < -0.39 is 0 Å². The van der Waals surface area contributed by atoms with Gasteiger partial charge in [-0.25, -0.2) is 0 Å². The number of phenols is 1. The Morgan fingerprint density at radius 2 is 2.10 bits per heavy atom. The van der Waals surface area contributed by atoms with E-state index in [2.05, 4.69) is 0 Å². The lowest BCUT2D eigenvalue weighted by Crippen LogP contribution is -2.38. The van der Waals surface area contributed by atoms with Gasteiger partial charge in [0.05, 0.1) is 7.11 Å². The molecule has 1 aromatic rings. The number of fused-ring (bicyclic) bond motifs is 3. The number of phenolic OH excluding ortho intramolecular Hbond substituents is 1. The number of hydrogen-bond donors (Lipinski definition) is 1. The zero-order valence-corrected chi connectivity index (χ0v) is 11.9. The maximum atomic E-state index is 12.1. The minimum absolute atomic E-state index is 0.104. The Bertz CT molecular complexity index is 538. The van der Waals surface area contributed by atoms with E-state index in [1.807, 2.05) is 6.07 Å². The Labute approximate surface area is 118 Å². The first kappa shape index (κ1) is 13.4. The van der Waals surface area contributed by atoms with Crippen LogP contribution in [0.4, 0.5) is 0 Å². The number of methoxy groups -OCH3 is 2. The SMILES string of the molecule is COc1ccc2c(c1O)C1CC(=O)C(OC)CC1CC2. The molecule has 3 atom stereocenters. The van der Waals surface area contributed by atoms with Gasteiger partial charge in [-0.05, 0) is 42.7 Å². The molecule has 0 aliphatic heterocycles. The molecule has 0 radical (unpaired) electrons. The molecular formula is C16H20O4. The molecule has 0 bridgehead atoms. The second kappa shape index (κ2) is 5.09. The lowest BCUT2D eigenvalue weighted by Gasteiger charge is -2.39. The summed E-state index contributed by atoms with van der Waals surface area (Å²) in [6.45, 7) is 0. The first-order chi connectivity index (χ1) is 9.65. The fourth-order valence-corrected chi connectivity index (χ4v) is 3.74. The summed E-state index contributed by atoms with van der Waals surface area (Å²) in [6, 6.07) is 3.81. The number of ether oxygens (including phenoxy) is 2. The monoisotopic (exact) mass is 276 g/mol. The van der Waals surface area contributed by atoms with Crippen LogP contribution in [0, 0.1) is 5.92 Å². The topological polar surface area (TPSA) is 55.8 Å². The van der Waals surface area contributed by atoms with Crippen LogP contribution in [-0.2, 0) is 16.0 Å². The van der Waals surface area contributed by atoms with Crippen molar-refractivity contribution < 1.29 is 19.4 Å². The molecule has 1 saturated carbocycles.